The Labute approximate surface area is 60.7 Å². The van der Waals surface area contributed by atoms with E-state index in [1.54, 1.807) is 0 Å². The molecule has 0 spiro atoms. The van der Waals surface area contributed by atoms with Crippen molar-refractivity contribution in [2.45, 2.75) is 0 Å². The van der Waals surface area contributed by atoms with Gasteiger partial charge in [0.05, 0.1) is 0 Å². The van der Waals surface area contributed by atoms with Crippen molar-refractivity contribution in [3.05, 3.63) is 0 Å². The first-order valence-corrected chi connectivity index (χ1v) is 1.95. The van der Waals surface area contributed by atoms with Gasteiger partial charge in [0, 0.05) is 18.6 Å². The van der Waals surface area contributed by atoms with Gasteiger partial charge in [-0.05, 0) is 0 Å². The van der Waals surface area contributed by atoms with Crippen LogP contribution in [0.15, 0.2) is 0 Å². The summed E-state index contributed by atoms with van der Waals surface area (Å²) >= 11 is 0. The standard InChI is InChI=1S/Li.H2O3Si.V.H/c;1-4(2)3;;/h;1-2H;;. The second kappa shape index (κ2) is 9.25. The molecular formula is H3LiO3SiV. The molecule has 0 aromatic rings. The Hall–Kier alpha value is 0.799. The predicted octanol–water partition coefficient (Wildman–Crippen LogP) is -2.26. The van der Waals surface area contributed by atoms with Crippen LogP contribution in [0.3, 0.4) is 0 Å². The van der Waals surface area contributed by atoms with Gasteiger partial charge in [-0.2, -0.15) is 0 Å². The average Bonchev–Trinajstić information content (AvgIpc) is 0.811. The maximum atomic E-state index is 8.74. The van der Waals surface area contributed by atoms with Crippen LogP contribution in [0.25, 0.3) is 0 Å². The van der Waals surface area contributed by atoms with E-state index in [0.717, 1.165) is 0 Å². The van der Waals surface area contributed by atoms with Gasteiger partial charge in [-0.3, -0.25) is 4.46 Å². The average molecular weight is 137 g/mol. The molecule has 0 saturated heterocycles. The first kappa shape index (κ1) is 15.8. The van der Waals surface area contributed by atoms with Gasteiger partial charge >= 0.3 is 28.0 Å². The molecule has 0 aliphatic carbocycles. The molecule has 1 radical (unpaired) electrons. The summed E-state index contributed by atoms with van der Waals surface area (Å²) in [7, 11) is -3.13. The van der Waals surface area contributed by atoms with Gasteiger partial charge in [0.15, 0.2) is 0 Å². The van der Waals surface area contributed by atoms with E-state index in [2.05, 4.69) is 0 Å². The van der Waals surface area contributed by atoms with Crippen molar-refractivity contribution in [1.29, 1.82) is 0 Å². The third-order valence-corrected chi connectivity index (χ3v) is 0. The Bertz CT molecular complexity index is 33.8. The first-order valence-electron chi connectivity index (χ1n) is 0.651. The SMILES string of the molecule is O=[Si](O)O.[LiH].[V]. The molecule has 0 rings (SSSR count). The summed E-state index contributed by atoms with van der Waals surface area (Å²) in [5.41, 5.74) is 0. The summed E-state index contributed by atoms with van der Waals surface area (Å²) in [5.74, 6) is 0. The van der Waals surface area contributed by atoms with Crippen molar-refractivity contribution in [2.75, 3.05) is 0 Å². The molecule has 0 aliphatic heterocycles. The number of hydrogen-bond donors (Lipinski definition) is 2. The molecule has 2 N–H and O–H groups in total. The van der Waals surface area contributed by atoms with E-state index in [0.29, 0.717) is 0 Å². The van der Waals surface area contributed by atoms with Crippen LogP contribution >= 0.6 is 0 Å². The first-order chi connectivity index (χ1) is 1.73. The van der Waals surface area contributed by atoms with Crippen molar-refractivity contribution in [1.82, 2.24) is 0 Å². The summed E-state index contributed by atoms with van der Waals surface area (Å²) in [6.07, 6.45) is 0. The summed E-state index contributed by atoms with van der Waals surface area (Å²) in [5, 5.41) is 0. The molecule has 0 atom stereocenters. The van der Waals surface area contributed by atoms with Crippen LogP contribution in [0.4, 0.5) is 0 Å². The van der Waals surface area contributed by atoms with E-state index in [1.807, 2.05) is 0 Å². The van der Waals surface area contributed by atoms with Crippen LogP contribution in [0.1, 0.15) is 0 Å². The molecule has 0 aromatic carbocycles. The molecule has 6 heavy (non-hydrogen) atoms. The number of hydrogen-bond acceptors (Lipinski definition) is 1. The fourth-order valence-corrected chi connectivity index (χ4v) is 0. The molecule has 3 nitrogen and oxygen atoms in total. The van der Waals surface area contributed by atoms with Crippen LogP contribution in [0, 0.1) is 0 Å². The van der Waals surface area contributed by atoms with Gasteiger partial charge in [-0.1, -0.05) is 0 Å². The van der Waals surface area contributed by atoms with Crippen molar-refractivity contribution < 1.29 is 32.6 Å². The normalized spacial score (nSPS) is 4.00. The fourth-order valence-electron chi connectivity index (χ4n) is 0. The Balaban J connectivity index is -0.0000000450. The minimum atomic E-state index is -3.13. The molecule has 0 heterocycles. The predicted molar refractivity (Wildman–Crippen MR) is 18.0 cm³/mol. The molecule has 31 valence electrons. The zero-order chi connectivity index (χ0) is 3.58. The zero-order valence-electron chi connectivity index (χ0n) is 2.25. The van der Waals surface area contributed by atoms with Crippen molar-refractivity contribution in [3.8, 4) is 0 Å². The van der Waals surface area contributed by atoms with E-state index in [1.165, 1.54) is 0 Å². The number of rotatable bonds is 0. The molecule has 0 amide bonds. The Kier molecular flexibility index (Phi) is 24.4. The third-order valence-electron chi connectivity index (χ3n) is 0. The molecule has 0 saturated carbocycles. The maximum absolute atomic E-state index is 8.74. The van der Waals surface area contributed by atoms with Gasteiger partial charge in [-0.25, -0.2) is 0 Å². The topological polar surface area (TPSA) is 57.5 Å². The summed E-state index contributed by atoms with van der Waals surface area (Å²) in [4.78, 5) is 14.3. The van der Waals surface area contributed by atoms with Crippen LogP contribution in [-0.2, 0) is 23.0 Å². The van der Waals surface area contributed by atoms with E-state index < -0.39 is 9.17 Å². The molecule has 0 aliphatic rings. The van der Waals surface area contributed by atoms with Gasteiger partial charge in [0.1, 0.15) is 0 Å². The Morgan fingerprint density at radius 1 is 1.33 bits per heavy atom. The second-order valence-corrected chi connectivity index (χ2v) is 0.848. The summed E-state index contributed by atoms with van der Waals surface area (Å²) in [6, 6.07) is 0. The molecule has 0 aromatic heterocycles. The largest absolute Gasteiger partial charge is 0 e. The quantitative estimate of drug-likeness (QED) is 0.370. The minimum Gasteiger partial charge on any atom is 0 e. The molecular weight excluding hydrogens is 134 g/mol. The van der Waals surface area contributed by atoms with Crippen LogP contribution in [0.5, 0.6) is 0 Å². The fraction of sp³-hybridized carbons (Fsp3) is 0. The monoisotopic (exact) mass is 137 g/mol. The zero-order valence-corrected chi connectivity index (χ0v) is 4.65. The molecule has 0 fully saturated rings. The van der Waals surface area contributed by atoms with Gasteiger partial charge in [0.2, 0.25) is 0 Å². The van der Waals surface area contributed by atoms with E-state index in [-0.39, 0.29) is 37.4 Å². The minimum absolute atomic E-state index is 0. The van der Waals surface area contributed by atoms with E-state index in [9.17, 15) is 0 Å². The van der Waals surface area contributed by atoms with Crippen molar-refractivity contribution >= 4 is 28.0 Å². The molecule has 0 bridgehead atoms. The van der Waals surface area contributed by atoms with Crippen molar-refractivity contribution in [2.24, 2.45) is 0 Å². The van der Waals surface area contributed by atoms with Crippen LogP contribution in [-0.4, -0.2) is 37.6 Å². The maximum Gasteiger partial charge on any atom is 0 e. The summed E-state index contributed by atoms with van der Waals surface area (Å²) < 4.78 is 8.74. The molecule has 6 heteroatoms. The van der Waals surface area contributed by atoms with Crippen LogP contribution in [0.2, 0.25) is 0 Å². The van der Waals surface area contributed by atoms with Gasteiger partial charge in [-0.15, -0.1) is 0 Å². The third kappa shape index (κ3) is 109. The van der Waals surface area contributed by atoms with Crippen LogP contribution < -0.4 is 0 Å². The van der Waals surface area contributed by atoms with E-state index >= 15 is 0 Å². The van der Waals surface area contributed by atoms with E-state index in [4.69, 9.17) is 14.1 Å². The van der Waals surface area contributed by atoms with Gasteiger partial charge < -0.3 is 9.59 Å². The van der Waals surface area contributed by atoms with Gasteiger partial charge in [0.25, 0.3) is 0 Å². The Morgan fingerprint density at radius 3 is 1.33 bits per heavy atom. The summed E-state index contributed by atoms with van der Waals surface area (Å²) in [6.45, 7) is 0. The molecule has 0 unspecified atom stereocenters. The smallest absolute Gasteiger partial charge is 0 e. The van der Waals surface area contributed by atoms with Crippen molar-refractivity contribution in [3.63, 3.8) is 0 Å². The second-order valence-electron chi connectivity index (χ2n) is 0.283. The Morgan fingerprint density at radius 2 is 1.33 bits per heavy atom.